The maximum Gasteiger partial charge on any atom is 0.293 e. The molecule has 4 rings (SSSR count). The van der Waals surface area contributed by atoms with Crippen LogP contribution in [0.4, 0.5) is 4.79 Å². The maximum absolute atomic E-state index is 13.1. The monoisotopic (exact) mass is 681 g/mol. The zero-order valence-corrected chi connectivity index (χ0v) is 28.8. The molecule has 0 spiro atoms. The standard InChI is InChI=1S/C35H40BrNO6S/c1-22(2)27-13-8-23(3)18-29(27)42-15-14-37-33(38)31(44-34(37)39)21-24-19-28(36)32(30(20-24)40-7)43-17-16-41-26-11-9-25(10-12-26)35(4,5)6/h8-13,18-22H,14-17H2,1-7H3/b31-21-. The number of imide groups is 1. The minimum Gasteiger partial charge on any atom is -0.493 e. The lowest BCUT2D eigenvalue weighted by molar-refractivity contribution is -0.123. The molecule has 3 aromatic carbocycles. The molecule has 0 aliphatic carbocycles. The number of hydrogen-bond acceptors (Lipinski definition) is 7. The summed E-state index contributed by atoms with van der Waals surface area (Å²) in [5.41, 5.74) is 4.20. The topological polar surface area (TPSA) is 74.3 Å². The van der Waals surface area contributed by atoms with Gasteiger partial charge in [0.15, 0.2) is 11.5 Å². The van der Waals surface area contributed by atoms with Crippen LogP contribution < -0.4 is 18.9 Å². The minimum absolute atomic E-state index is 0.0833. The Labute approximate surface area is 273 Å². The largest absolute Gasteiger partial charge is 0.493 e. The van der Waals surface area contributed by atoms with Gasteiger partial charge in [0.2, 0.25) is 0 Å². The van der Waals surface area contributed by atoms with Gasteiger partial charge in [-0.25, -0.2) is 0 Å². The van der Waals surface area contributed by atoms with E-state index in [4.69, 9.17) is 18.9 Å². The van der Waals surface area contributed by atoms with Crippen LogP contribution in [-0.4, -0.2) is 49.5 Å². The van der Waals surface area contributed by atoms with Crippen molar-refractivity contribution >= 4 is 44.9 Å². The molecule has 44 heavy (non-hydrogen) atoms. The molecule has 9 heteroatoms. The number of thioether (sulfide) groups is 1. The number of carbonyl (C=O) groups is 2. The quantitative estimate of drug-likeness (QED) is 0.140. The molecule has 1 saturated heterocycles. The van der Waals surface area contributed by atoms with E-state index in [0.717, 1.165) is 34.4 Å². The second kappa shape index (κ2) is 14.6. The van der Waals surface area contributed by atoms with Crippen LogP contribution in [0.2, 0.25) is 0 Å². The van der Waals surface area contributed by atoms with Gasteiger partial charge in [0.1, 0.15) is 31.3 Å². The molecule has 0 N–H and O–H groups in total. The van der Waals surface area contributed by atoms with Crippen molar-refractivity contribution in [1.29, 1.82) is 0 Å². The minimum atomic E-state index is -0.347. The van der Waals surface area contributed by atoms with Crippen LogP contribution in [0.1, 0.15) is 62.8 Å². The van der Waals surface area contributed by atoms with Gasteiger partial charge in [0.05, 0.1) is 23.0 Å². The van der Waals surface area contributed by atoms with E-state index in [-0.39, 0.29) is 29.7 Å². The van der Waals surface area contributed by atoms with Crippen LogP contribution in [0.15, 0.2) is 64.0 Å². The van der Waals surface area contributed by atoms with E-state index >= 15 is 0 Å². The second-order valence-electron chi connectivity index (χ2n) is 11.9. The van der Waals surface area contributed by atoms with Crippen molar-refractivity contribution in [3.05, 3.63) is 86.2 Å². The number of ether oxygens (including phenoxy) is 4. The van der Waals surface area contributed by atoms with Crippen LogP contribution in [-0.2, 0) is 10.2 Å². The number of nitrogens with zero attached hydrogens (tertiary/aromatic N) is 1. The summed E-state index contributed by atoms with van der Waals surface area (Å²) >= 11 is 4.48. The fourth-order valence-electron chi connectivity index (χ4n) is 4.65. The van der Waals surface area contributed by atoms with E-state index in [1.54, 1.807) is 19.3 Å². The van der Waals surface area contributed by atoms with Gasteiger partial charge in [-0.2, -0.15) is 0 Å². The van der Waals surface area contributed by atoms with Gasteiger partial charge in [-0.3, -0.25) is 14.5 Å². The number of rotatable bonds is 12. The van der Waals surface area contributed by atoms with E-state index in [2.05, 4.69) is 74.8 Å². The molecule has 1 aliphatic heterocycles. The molecule has 1 fully saturated rings. The average Bonchev–Trinajstić information content (AvgIpc) is 3.22. The molecule has 0 radical (unpaired) electrons. The Balaban J connectivity index is 1.36. The number of methoxy groups -OCH3 is 1. The fraction of sp³-hybridized carbons (Fsp3) is 0.371. The molecule has 1 aliphatic rings. The Hall–Kier alpha value is -3.43. The normalized spacial score (nSPS) is 14.5. The molecule has 0 bridgehead atoms. The molecular weight excluding hydrogens is 642 g/mol. The highest BCUT2D eigenvalue weighted by Crippen LogP contribution is 2.39. The van der Waals surface area contributed by atoms with Crippen LogP contribution in [0, 0.1) is 6.92 Å². The summed E-state index contributed by atoms with van der Waals surface area (Å²) in [6.07, 6.45) is 1.69. The summed E-state index contributed by atoms with van der Waals surface area (Å²) < 4.78 is 24.1. The van der Waals surface area contributed by atoms with E-state index in [9.17, 15) is 9.59 Å². The molecule has 1 heterocycles. The van der Waals surface area contributed by atoms with E-state index in [0.29, 0.717) is 45.6 Å². The van der Waals surface area contributed by atoms with Crippen molar-refractivity contribution in [1.82, 2.24) is 4.90 Å². The molecular formula is C35H40BrNO6S. The van der Waals surface area contributed by atoms with Gasteiger partial charge < -0.3 is 18.9 Å². The summed E-state index contributed by atoms with van der Waals surface area (Å²) in [7, 11) is 1.55. The fourth-order valence-corrected chi connectivity index (χ4v) is 6.09. The van der Waals surface area contributed by atoms with E-state index in [1.165, 1.54) is 10.5 Å². The van der Waals surface area contributed by atoms with Gasteiger partial charge in [0, 0.05) is 0 Å². The molecule has 7 nitrogen and oxygen atoms in total. The van der Waals surface area contributed by atoms with Crippen LogP contribution in [0.5, 0.6) is 23.0 Å². The van der Waals surface area contributed by atoms with Gasteiger partial charge in [-0.1, -0.05) is 58.9 Å². The number of benzene rings is 3. The zero-order chi connectivity index (χ0) is 32.0. The summed E-state index contributed by atoms with van der Waals surface area (Å²) in [5, 5.41) is -0.322. The second-order valence-corrected chi connectivity index (χ2v) is 13.7. The Bertz CT molecular complexity index is 1530. The Kier molecular flexibility index (Phi) is 11.1. The first kappa shape index (κ1) is 33.5. The van der Waals surface area contributed by atoms with Crippen molar-refractivity contribution in [2.75, 3.05) is 33.5 Å². The summed E-state index contributed by atoms with van der Waals surface area (Å²) in [4.78, 5) is 27.4. The molecule has 3 aromatic rings. The molecule has 0 aromatic heterocycles. The SMILES string of the molecule is COc1cc(/C=C2\SC(=O)N(CCOc3cc(C)ccc3C(C)C)C2=O)cc(Br)c1OCCOc1ccc(C(C)(C)C)cc1. The third-order valence-electron chi connectivity index (χ3n) is 7.11. The first-order valence-electron chi connectivity index (χ1n) is 14.6. The number of halogens is 1. The van der Waals surface area contributed by atoms with Crippen molar-refractivity contribution in [2.45, 2.75) is 52.9 Å². The van der Waals surface area contributed by atoms with Crippen molar-refractivity contribution < 1.29 is 28.5 Å². The number of carbonyl (C=O) groups excluding carboxylic acids is 2. The van der Waals surface area contributed by atoms with Crippen LogP contribution in [0.3, 0.4) is 0 Å². The van der Waals surface area contributed by atoms with Gasteiger partial charge in [-0.15, -0.1) is 0 Å². The Morgan fingerprint density at radius 3 is 2.27 bits per heavy atom. The third kappa shape index (κ3) is 8.39. The lowest BCUT2D eigenvalue weighted by Gasteiger charge is -2.19. The molecule has 0 unspecified atom stereocenters. The van der Waals surface area contributed by atoms with E-state index in [1.807, 2.05) is 31.2 Å². The summed E-state index contributed by atoms with van der Waals surface area (Å²) in [5.74, 6) is 2.52. The number of amides is 2. The molecule has 2 amide bonds. The van der Waals surface area contributed by atoms with Gasteiger partial charge in [0.25, 0.3) is 11.1 Å². The summed E-state index contributed by atoms with van der Waals surface area (Å²) in [6, 6.07) is 17.8. The molecule has 0 saturated carbocycles. The Morgan fingerprint density at radius 1 is 0.909 bits per heavy atom. The Morgan fingerprint density at radius 2 is 1.61 bits per heavy atom. The smallest absolute Gasteiger partial charge is 0.293 e. The lowest BCUT2D eigenvalue weighted by atomic mass is 9.87. The van der Waals surface area contributed by atoms with Crippen molar-refractivity contribution in [2.24, 2.45) is 0 Å². The average molecular weight is 683 g/mol. The molecule has 0 atom stereocenters. The number of aryl methyl sites for hydroxylation is 1. The summed E-state index contributed by atoms with van der Waals surface area (Å²) in [6.45, 7) is 13.8. The van der Waals surface area contributed by atoms with Gasteiger partial charge in [-0.05, 0) is 105 Å². The highest BCUT2D eigenvalue weighted by atomic mass is 79.9. The highest BCUT2D eigenvalue weighted by molar-refractivity contribution is 9.10. The van der Waals surface area contributed by atoms with Gasteiger partial charge >= 0.3 is 0 Å². The number of hydrogen-bond donors (Lipinski definition) is 0. The van der Waals surface area contributed by atoms with Crippen LogP contribution >= 0.6 is 27.7 Å². The predicted molar refractivity (Wildman–Crippen MR) is 180 cm³/mol. The lowest BCUT2D eigenvalue weighted by Crippen LogP contribution is -2.32. The first-order valence-corrected chi connectivity index (χ1v) is 16.2. The third-order valence-corrected chi connectivity index (χ3v) is 8.60. The molecule has 234 valence electrons. The van der Waals surface area contributed by atoms with Crippen molar-refractivity contribution in [3.8, 4) is 23.0 Å². The van der Waals surface area contributed by atoms with Crippen LogP contribution in [0.25, 0.3) is 6.08 Å². The van der Waals surface area contributed by atoms with E-state index < -0.39 is 0 Å². The highest BCUT2D eigenvalue weighted by Gasteiger charge is 2.35. The first-order chi connectivity index (χ1) is 20.9. The zero-order valence-electron chi connectivity index (χ0n) is 26.4. The van der Waals surface area contributed by atoms with Crippen molar-refractivity contribution in [3.63, 3.8) is 0 Å². The maximum atomic E-state index is 13.1. The predicted octanol–water partition coefficient (Wildman–Crippen LogP) is 8.76.